The molecule has 358 valence electrons. The molecule has 2 aromatic carbocycles. The van der Waals surface area contributed by atoms with Gasteiger partial charge >= 0.3 is 12.0 Å². The molecule has 6 heterocycles. The van der Waals surface area contributed by atoms with E-state index in [1.54, 1.807) is 37.4 Å². The lowest BCUT2D eigenvalue weighted by Crippen LogP contribution is -2.66. The summed E-state index contributed by atoms with van der Waals surface area (Å²) >= 11 is 0. The molecule has 17 nitrogen and oxygen atoms in total. The molecule has 5 N–H and O–H groups in total. The number of rotatable bonds is 10. The van der Waals surface area contributed by atoms with Crippen LogP contribution in [0.15, 0.2) is 54.7 Å². The molecule has 0 radical (unpaired) electrons. The van der Waals surface area contributed by atoms with E-state index in [4.69, 9.17) is 14.5 Å². The fourth-order valence-corrected chi connectivity index (χ4v) is 9.86. The summed E-state index contributed by atoms with van der Waals surface area (Å²) < 4.78 is 14.2. The second kappa shape index (κ2) is 19.3. The molecule has 0 spiro atoms. The number of carbonyl (C=O) groups is 5. The Bertz CT molecular complexity index is 2550. The normalized spacial score (nSPS) is 21.8. The van der Waals surface area contributed by atoms with Gasteiger partial charge in [-0.15, -0.1) is 0 Å². The maximum Gasteiger partial charge on any atom is 0.324 e. The van der Waals surface area contributed by atoms with Crippen LogP contribution in [0.4, 0.5) is 4.79 Å². The molecular formula is C50H65N9O8. The van der Waals surface area contributed by atoms with Gasteiger partial charge in [-0.3, -0.25) is 29.2 Å². The number of aromatic hydroxyl groups is 1. The van der Waals surface area contributed by atoms with Crippen LogP contribution >= 0.6 is 0 Å². The number of nitrogens with zero attached hydrogens (tertiary/aromatic N) is 5. The topological polar surface area (TPSA) is 210 Å². The molecule has 2 aromatic heterocycles. The number of phenolic OH excluding ortho intramolecular Hbond substituents is 1. The number of nitrogens with one attached hydrogen (secondary N) is 4. The van der Waals surface area contributed by atoms with E-state index in [0.29, 0.717) is 51.0 Å². The van der Waals surface area contributed by atoms with Gasteiger partial charge in [0.05, 0.1) is 36.2 Å². The lowest BCUT2D eigenvalue weighted by Gasteiger charge is -2.43. The predicted octanol–water partition coefficient (Wildman–Crippen LogP) is 4.30. The Labute approximate surface area is 391 Å². The van der Waals surface area contributed by atoms with E-state index in [-0.39, 0.29) is 61.4 Å². The first-order chi connectivity index (χ1) is 32.0. The third-order valence-corrected chi connectivity index (χ3v) is 13.5. The van der Waals surface area contributed by atoms with Crippen molar-refractivity contribution >= 4 is 40.6 Å². The number of esters is 1. The van der Waals surface area contributed by atoms with Crippen LogP contribution < -0.4 is 21.4 Å². The molecule has 3 fully saturated rings. The molecule has 4 aliphatic heterocycles. The highest BCUT2D eigenvalue weighted by molar-refractivity contribution is 5.96. The number of phenols is 1. The maximum atomic E-state index is 14.7. The Morgan fingerprint density at radius 3 is 2.52 bits per heavy atom. The Morgan fingerprint density at radius 1 is 1.06 bits per heavy atom. The number of cyclic esters (lactones) is 1. The zero-order chi connectivity index (χ0) is 47.9. The number of pyridine rings is 1. The fraction of sp³-hybridized carbons (Fsp3) is 0.520. The van der Waals surface area contributed by atoms with Gasteiger partial charge in [0, 0.05) is 81.4 Å². The summed E-state index contributed by atoms with van der Waals surface area (Å²) in [4.78, 5) is 76.9. The number of methoxy groups -OCH3 is 1. The standard InChI is InChI=1S/C50H65N9O8/c1-9-58-41-15-14-31-22-36(41)37(44(58)35-12-10-16-51-42(35)29(4)66-8)23-50(5,6)27-67-48(64)38-13-11-17-59(55-38)47(63)39(20-30-18-32(31)21-34(60)19-30)54-46(62)43(28(2)3)56(7)49(65)57-25-33(26-57)53-45(61)40-24-52-40/h10,12,14-16,18-19,21-22,28-29,33,38-40,43,52,55,60H,9,11,13,17,20,23-27H2,1-8H3,(H,53,61)(H,54,62)/t29-,38-,39-,40-,43?/m0/s1. The van der Waals surface area contributed by atoms with Crippen LogP contribution in [0.5, 0.6) is 5.75 Å². The first-order valence-corrected chi connectivity index (χ1v) is 23.5. The Hall–Kier alpha value is -6.04. The van der Waals surface area contributed by atoms with Crippen LogP contribution in [0.3, 0.4) is 0 Å². The lowest BCUT2D eigenvalue weighted by molar-refractivity contribution is -0.155. The highest BCUT2D eigenvalue weighted by atomic mass is 16.5. The zero-order valence-electron chi connectivity index (χ0n) is 39.8. The van der Waals surface area contributed by atoms with E-state index in [9.17, 15) is 29.1 Å². The van der Waals surface area contributed by atoms with Gasteiger partial charge in [0.25, 0.3) is 5.91 Å². The summed E-state index contributed by atoms with van der Waals surface area (Å²) in [5.74, 6) is -1.93. The molecule has 6 bridgehead atoms. The van der Waals surface area contributed by atoms with E-state index in [0.717, 1.165) is 44.5 Å². The van der Waals surface area contributed by atoms with Crippen LogP contribution in [-0.2, 0) is 48.0 Å². The van der Waals surface area contributed by atoms with Crippen molar-refractivity contribution in [2.45, 2.75) is 110 Å². The number of fused-ring (bicyclic) bond motifs is 6. The van der Waals surface area contributed by atoms with Gasteiger partial charge in [-0.1, -0.05) is 39.8 Å². The number of likely N-dealkylation sites (tertiary alicyclic amines) is 1. The summed E-state index contributed by atoms with van der Waals surface area (Å²) in [6.45, 7) is 14.2. The molecule has 3 saturated heterocycles. The average molecular weight is 920 g/mol. The molecule has 5 atom stereocenters. The Morgan fingerprint density at radius 2 is 1.82 bits per heavy atom. The molecule has 67 heavy (non-hydrogen) atoms. The summed E-state index contributed by atoms with van der Waals surface area (Å²) in [6, 6.07) is 11.8. The molecule has 4 aliphatic rings. The molecule has 1 unspecified atom stereocenters. The van der Waals surface area contributed by atoms with Gasteiger partial charge < -0.3 is 44.9 Å². The molecule has 17 heteroatoms. The minimum atomic E-state index is -1.16. The van der Waals surface area contributed by atoms with Crippen molar-refractivity contribution in [2.75, 3.05) is 46.9 Å². The maximum absolute atomic E-state index is 14.7. The Balaban J connectivity index is 1.16. The summed E-state index contributed by atoms with van der Waals surface area (Å²) in [5, 5.41) is 22.6. The van der Waals surface area contributed by atoms with Crippen molar-refractivity contribution in [3.05, 3.63) is 71.5 Å². The number of hydrazine groups is 1. The molecular weight excluding hydrogens is 855 g/mol. The fourth-order valence-electron chi connectivity index (χ4n) is 9.86. The van der Waals surface area contributed by atoms with Crippen LogP contribution in [0.25, 0.3) is 33.3 Å². The van der Waals surface area contributed by atoms with Crippen molar-refractivity contribution in [1.82, 2.24) is 45.7 Å². The quantitative estimate of drug-likeness (QED) is 0.112. The van der Waals surface area contributed by atoms with Crippen LogP contribution in [0.1, 0.15) is 77.3 Å². The van der Waals surface area contributed by atoms with Crippen molar-refractivity contribution < 1.29 is 38.6 Å². The Kier molecular flexibility index (Phi) is 13.7. The van der Waals surface area contributed by atoms with Crippen molar-refractivity contribution in [1.29, 1.82) is 0 Å². The number of aryl methyl sites for hydroxylation is 1. The molecule has 5 amide bonds. The van der Waals surface area contributed by atoms with E-state index in [1.807, 2.05) is 39.0 Å². The molecule has 0 aliphatic carbocycles. The first kappa shape index (κ1) is 47.5. The summed E-state index contributed by atoms with van der Waals surface area (Å²) in [5.41, 5.74) is 9.54. The van der Waals surface area contributed by atoms with Gasteiger partial charge in [-0.25, -0.2) is 10.2 Å². The monoisotopic (exact) mass is 919 g/mol. The summed E-state index contributed by atoms with van der Waals surface area (Å²) in [7, 11) is 3.24. The smallest absolute Gasteiger partial charge is 0.324 e. The first-order valence-electron chi connectivity index (χ1n) is 23.5. The van der Waals surface area contributed by atoms with Crippen molar-refractivity contribution in [3.8, 4) is 28.1 Å². The highest BCUT2D eigenvalue weighted by Crippen LogP contribution is 2.42. The van der Waals surface area contributed by atoms with E-state index in [2.05, 4.69) is 64.9 Å². The second-order valence-electron chi connectivity index (χ2n) is 19.7. The SMILES string of the molecule is CCn1c(-c2cccnc2[C@H](C)OC)c2c3cc(ccc31)-c1cc(O)cc(c1)C[C@H](NC(=O)C(C(C)C)N(C)C(=O)N1CC(NC(=O)[C@@H]3CN3)C1)C(=O)N1CCC[C@H](N1)C(=O)OCC(C)(C)C2. The predicted molar refractivity (Wildman–Crippen MR) is 252 cm³/mol. The van der Waals surface area contributed by atoms with E-state index >= 15 is 0 Å². The number of hydrogen-bond donors (Lipinski definition) is 5. The van der Waals surface area contributed by atoms with Crippen LogP contribution in [0.2, 0.25) is 0 Å². The minimum Gasteiger partial charge on any atom is -0.508 e. The van der Waals surface area contributed by atoms with Gasteiger partial charge in [-0.05, 0) is 97.7 Å². The van der Waals surface area contributed by atoms with Crippen LogP contribution in [0, 0.1) is 11.3 Å². The van der Waals surface area contributed by atoms with E-state index < -0.39 is 41.3 Å². The number of ether oxygens (including phenoxy) is 2. The van der Waals surface area contributed by atoms with E-state index in [1.165, 1.54) is 9.91 Å². The number of amides is 5. The molecule has 4 aromatic rings. The van der Waals surface area contributed by atoms with Gasteiger partial charge in [0.2, 0.25) is 11.8 Å². The average Bonchev–Trinajstić information content (AvgIpc) is 4.11. The van der Waals surface area contributed by atoms with Gasteiger partial charge in [0.1, 0.15) is 23.9 Å². The number of hydrogen-bond acceptors (Lipinski definition) is 11. The van der Waals surface area contributed by atoms with Crippen LogP contribution in [-0.4, -0.2) is 136 Å². The summed E-state index contributed by atoms with van der Waals surface area (Å²) in [6.07, 6.45) is 2.97. The second-order valence-corrected chi connectivity index (χ2v) is 19.7. The molecule has 8 rings (SSSR count). The molecule has 0 saturated carbocycles. The van der Waals surface area contributed by atoms with Gasteiger partial charge in [0.15, 0.2) is 0 Å². The van der Waals surface area contributed by atoms with Gasteiger partial charge in [-0.2, -0.15) is 0 Å². The van der Waals surface area contributed by atoms with Crippen molar-refractivity contribution in [3.63, 3.8) is 0 Å². The number of benzene rings is 2. The zero-order valence-corrected chi connectivity index (χ0v) is 39.8. The minimum absolute atomic E-state index is 0.00932. The third kappa shape index (κ3) is 10.00. The largest absolute Gasteiger partial charge is 0.508 e. The third-order valence-electron chi connectivity index (χ3n) is 13.5. The number of urea groups is 1. The lowest BCUT2D eigenvalue weighted by atomic mass is 9.84. The highest BCUT2D eigenvalue weighted by Gasteiger charge is 2.42. The number of likely N-dealkylation sites (N-methyl/N-ethyl adjacent to an activating group) is 1. The van der Waals surface area contributed by atoms with Crippen molar-refractivity contribution in [2.24, 2.45) is 11.3 Å². The number of aromatic nitrogens is 2. The number of carbonyl (C=O) groups excluding carboxylic acids is 5.